The topological polar surface area (TPSA) is 186 Å². The maximum Gasteiger partial charge on any atom is 0.321 e. The van der Waals surface area contributed by atoms with Crippen molar-refractivity contribution in [2.45, 2.75) is 78.3 Å². The van der Waals surface area contributed by atoms with E-state index < -0.39 is 24.0 Å². The molecule has 2 heterocycles. The zero-order valence-electron chi connectivity index (χ0n) is 44.9. The highest BCUT2D eigenvalue weighted by molar-refractivity contribution is 6.32. The molecule has 8 aromatic rings. The van der Waals surface area contributed by atoms with Crippen LogP contribution < -0.4 is 29.6 Å². The number of halogens is 2. The van der Waals surface area contributed by atoms with Crippen molar-refractivity contribution in [3.05, 3.63) is 235 Å². The Kier molecular flexibility index (Phi) is 20.6. The molecule has 0 saturated carbocycles. The number of rotatable bonds is 27. The van der Waals surface area contributed by atoms with Gasteiger partial charge in [-0.2, -0.15) is 0 Å². The number of carboxylic acid groups (broad SMARTS) is 2. The predicted octanol–water partition coefficient (Wildman–Crippen LogP) is 12.1. The Morgan fingerprint density at radius 2 is 0.900 bits per heavy atom. The van der Waals surface area contributed by atoms with E-state index in [-0.39, 0.29) is 52.4 Å². The number of nitrogens with zero attached hydrogens (tertiary/aromatic N) is 4. The van der Waals surface area contributed by atoms with E-state index in [1.807, 2.05) is 97.1 Å². The van der Waals surface area contributed by atoms with E-state index >= 15 is 0 Å². The predicted molar refractivity (Wildman–Crippen MR) is 314 cm³/mol. The number of carboxylic acids is 2. The largest absolute Gasteiger partial charge is 0.488 e. The molecule has 4 N–H and O–H groups in total. The van der Waals surface area contributed by atoms with Crippen LogP contribution in [0.4, 0.5) is 0 Å². The minimum atomic E-state index is -0.975. The van der Waals surface area contributed by atoms with Crippen molar-refractivity contribution in [2.75, 3.05) is 14.1 Å². The van der Waals surface area contributed by atoms with Gasteiger partial charge in [-0.1, -0.05) is 120 Å². The van der Waals surface area contributed by atoms with E-state index in [1.54, 1.807) is 75.6 Å². The average Bonchev–Trinajstić information content (AvgIpc) is 3.47. The van der Waals surface area contributed by atoms with Crippen LogP contribution in [-0.2, 0) is 61.9 Å². The van der Waals surface area contributed by atoms with Crippen molar-refractivity contribution in [1.29, 1.82) is 0 Å². The van der Waals surface area contributed by atoms with Crippen LogP contribution in [0, 0.1) is 13.8 Å². The molecule has 2 atom stereocenters. The molecule has 0 saturated heterocycles. The maximum absolute atomic E-state index is 12.4. The number of aromatic nitrogens is 2. The molecule has 0 fully saturated rings. The molecule has 14 nitrogen and oxygen atoms in total. The first-order valence-corrected chi connectivity index (χ1v) is 26.7. The smallest absolute Gasteiger partial charge is 0.321 e. The summed E-state index contributed by atoms with van der Waals surface area (Å²) in [4.78, 5) is 41.7. The Labute approximate surface area is 476 Å². The fraction of sp³-hybridized carbons (Fsp3) is 0.219. The fourth-order valence-corrected chi connectivity index (χ4v) is 9.57. The van der Waals surface area contributed by atoms with Gasteiger partial charge in [-0.25, -0.2) is 0 Å². The van der Waals surface area contributed by atoms with Crippen LogP contribution in [0.2, 0.25) is 10.0 Å². The summed E-state index contributed by atoms with van der Waals surface area (Å²) in [5, 5.41) is 27.4. The second kappa shape index (κ2) is 28.5. The number of ether oxygens (including phenoxy) is 4. The van der Waals surface area contributed by atoms with E-state index in [2.05, 4.69) is 56.6 Å². The number of nitrogens with one attached hydrogen (secondary N) is 2. The van der Waals surface area contributed by atoms with Gasteiger partial charge < -0.3 is 29.2 Å². The Bertz CT molecular complexity index is 3240. The third kappa shape index (κ3) is 15.9. The summed E-state index contributed by atoms with van der Waals surface area (Å²) >= 11 is 13.9. The minimum Gasteiger partial charge on any atom is -0.488 e. The number of pyridine rings is 2. The number of benzene rings is 6. The van der Waals surface area contributed by atoms with E-state index in [0.29, 0.717) is 44.2 Å². The summed E-state index contributed by atoms with van der Waals surface area (Å²) < 4.78 is 25.8. The quantitative estimate of drug-likeness (QED) is 0.0358. The molecule has 8 rings (SSSR count). The van der Waals surface area contributed by atoms with Gasteiger partial charge in [-0.15, -0.1) is 0 Å². The van der Waals surface area contributed by atoms with E-state index in [4.69, 9.17) is 42.1 Å². The van der Waals surface area contributed by atoms with Gasteiger partial charge >= 0.3 is 11.9 Å². The Hall–Kier alpha value is -8.40. The monoisotopic (exact) mass is 1110 g/mol. The molecule has 0 amide bonds. The van der Waals surface area contributed by atoms with E-state index in [1.165, 1.54) is 0 Å². The van der Waals surface area contributed by atoms with Crippen LogP contribution in [0.3, 0.4) is 0 Å². The number of hydrogen-bond donors (Lipinski definition) is 4. The van der Waals surface area contributed by atoms with Crippen LogP contribution in [0.5, 0.6) is 23.0 Å². The SMILES string of the molecule is C/N=C/c1cncc(COc2cc(OCc3cccc(-c4cccc(COc5cc(OCc6cncc(/C=N/C)c6)c(CNC(Cc6ccccc6)C(=O)O)cc5Cl)c4C)c3C)c(Cl)cc2CNC(Cc2ccccc2)C(=O)O)c1. The summed E-state index contributed by atoms with van der Waals surface area (Å²) in [5.41, 5.74) is 12.3. The highest BCUT2D eigenvalue weighted by atomic mass is 35.5. The minimum absolute atomic E-state index is 0.160. The molecule has 2 aromatic heterocycles. The molecular formula is C64H62Cl2N6O8. The van der Waals surface area contributed by atoms with Gasteiger partial charge in [0, 0.05) is 110 Å². The van der Waals surface area contributed by atoms with Gasteiger partial charge in [-0.3, -0.25) is 40.2 Å². The molecule has 80 heavy (non-hydrogen) atoms. The standard InChI is InChI=1S/C64H62Cl2N6O8/c1-41-49(39-79-61-27-59(77-37-47-21-45(29-67-3)31-69-33-47)51(25-55(61)65)35-71-57(63(73)74)23-43-13-7-5-8-14-43)17-11-19-53(41)54-20-12-18-50(42(54)2)40-80-62-28-60(78-38-48-22-46(30-68-4)32-70-34-48)52(26-56(62)66)36-72-58(64(75)76)24-44-15-9-6-10-16-44/h5-22,25-34,57-58,71-72H,23-24,35-40H2,1-4H3,(H,73,74)(H,75,76)/b67-29+,68-30+. The van der Waals surface area contributed by atoms with Crippen LogP contribution in [0.25, 0.3) is 11.1 Å². The molecule has 0 spiro atoms. The highest BCUT2D eigenvalue weighted by Crippen LogP contribution is 2.38. The van der Waals surface area contributed by atoms with Gasteiger partial charge in [0.1, 0.15) is 61.5 Å². The van der Waals surface area contributed by atoms with Gasteiger partial charge in [-0.05, 0) is 95.5 Å². The lowest BCUT2D eigenvalue weighted by atomic mass is 9.92. The summed E-state index contributed by atoms with van der Waals surface area (Å²) in [5.74, 6) is -0.218. The highest BCUT2D eigenvalue weighted by Gasteiger charge is 2.22. The van der Waals surface area contributed by atoms with Crippen molar-refractivity contribution in [1.82, 2.24) is 20.6 Å². The molecule has 0 aliphatic rings. The van der Waals surface area contributed by atoms with E-state index in [0.717, 1.165) is 66.8 Å². The zero-order chi connectivity index (χ0) is 56.4. The van der Waals surface area contributed by atoms with Crippen molar-refractivity contribution < 1.29 is 38.7 Å². The Morgan fingerprint density at radius 3 is 1.29 bits per heavy atom. The molecule has 0 bridgehead atoms. The van der Waals surface area contributed by atoms with Crippen LogP contribution in [0.1, 0.15) is 66.8 Å². The van der Waals surface area contributed by atoms with Crippen molar-refractivity contribution in [3.63, 3.8) is 0 Å². The Morgan fingerprint density at radius 1 is 0.500 bits per heavy atom. The molecule has 0 aliphatic carbocycles. The summed E-state index contributed by atoms with van der Waals surface area (Å²) in [6, 6.07) is 40.2. The average molecular weight is 1110 g/mol. The second-order valence-corrected chi connectivity index (χ2v) is 19.9. The molecule has 16 heteroatoms. The molecule has 2 unspecified atom stereocenters. The normalized spacial score (nSPS) is 12.1. The lowest BCUT2D eigenvalue weighted by Gasteiger charge is -2.20. The van der Waals surface area contributed by atoms with Crippen molar-refractivity contribution in [3.8, 4) is 34.1 Å². The maximum atomic E-state index is 12.4. The summed E-state index contributed by atoms with van der Waals surface area (Å²) in [6.45, 7) is 5.15. The zero-order valence-corrected chi connectivity index (χ0v) is 46.4. The first-order chi connectivity index (χ1) is 38.8. The van der Waals surface area contributed by atoms with Gasteiger partial charge in [0.15, 0.2) is 0 Å². The van der Waals surface area contributed by atoms with Crippen LogP contribution in [-0.4, -0.2) is 70.7 Å². The Balaban J connectivity index is 0.996. The van der Waals surface area contributed by atoms with Crippen molar-refractivity contribution >= 4 is 47.6 Å². The first-order valence-electron chi connectivity index (χ1n) is 25.9. The van der Waals surface area contributed by atoms with Gasteiger partial charge in [0.05, 0.1) is 10.0 Å². The fourth-order valence-electron chi connectivity index (χ4n) is 9.09. The van der Waals surface area contributed by atoms with Gasteiger partial charge in [0.25, 0.3) is 0 Å². The molecular weight excluding hydrogens is 1050 g/mol. The second-order valence-electron chi connectivity index (χ2n) is 19.1. The molecule has 0 radical (unpaired) electrons. The number of aliphatic imine (C=N–C) groups is 2. The van der Waals surface area contributed by atoms with Crippen molar-refractivity contribution in [2.24, 2.45) is 9.98 Å². The third-order valence-corrected chi connectivity index (χ3v) is 14.0. The van der Waals surface area contributed by atoms with Crippen LogP contribution >= 0.6 is 23.2 Å². The summed E-state index contributed by atoms with van der Waals surface area (Å²) in [7, 11) is 3.39. The molecule has 0 aliphatic heterocycles. The summed E-state index contributed by atoms with van der Waals surface area (Å²) in [6.07, 6.45) is 10.9. The van der Waals surface area contributed by atoms with E-state index in [9.17, 15) is 19.8 Å². The first kappa shape index (κ1) is 57.8. The number of carbonyl (C=O) groups is 2. The lowest BCUT2D eigenvalue weighted by Crippen LogP contribution is -2.38. The lowest BCUT2D eigenvalue weighted by molar-refractivity contribution is -0.140. The van der Waals surface area contributed by atoms with Gasteiger partial charge in [0.2, 0.25) is 0 Å². The number of aliphatic carboxylic acids is 2. The third-order valence-electron chi connectivity index (χ3n) is 13.4. The number of hydrogen-bond acceptors (Lipinski definition) is 12. The molecule has 410 valence electrons. The van der Waals surface area contributed by atoms with Crippen LogP contribution in [0.15, 0.2) is 168 Å². The molecule has 6 aromatic carbocycles.